The Bertz CT molecular complexity index is 433. The molecule has 1 aromatic rings. The van der Waals surface area contributed by atoms with Gasteiger partial charge in [0.25, 0.3) is 0 Å². The van der Waals surface area contributed by atoms with Gasteiger partial charge in [0.2, 0.25) is 0 Å². The van der Waals surface area contributed by atoms with Gasteiger partial charge in [-0.2, -0.15) is 0 Å². The van der Waals surface area contributed by atoms with E-state index in [1.54, 1.807) is 12.1 Å². The summed E-state index contributed by atoms with van der Waals surface area (Å²) in [4.78, 5) is 11.0. The van der Waals surface area contributed by atoms with Crippen molar-refractivity contribution in [3.05, 3.63) is 23.3 Å². The van der Waals surface area contributed by atoms with Gasteiger partial charge in [-0.3, -0.25) is 4.79 Å². The topological polar surface area (TPSA) is 91.0 Å². The highest BCUT2D eigenvalue weighted by Crippen LogP contribution is 2.33. The van der Waals surface area contributed by atoms with Crippen LogP contribution in [0.3, 0.4) is 0 Å². The van der Waals surface area contributed by atoms with Crippen LogP contribution in [0.5, 0.6) is 11.5 Å². The lowest BCUT2D eigenvalue weighted by molar-refractivity contribution is -0.138. The molecule has 100 valence electrons. The molecule has 18 heavy (non-hydrogen) atoms. The van der Waals surface area contributed by atoms with E-state index in [0.717, 1.165) is 0 Å². The van der Waals surface area contributed by atoms with Crippen molar-refractivity contribution in [3.63, 3.8) is 0 Å². The molecule has 0 fully saturated rings. The van der Waals surface area contributed by atoms with Gasteiger partial charge in [0.15, 0.2) is 0 Å². The minimum Gasteiger partial charge on any atom is -0.497 e. The molecule has 0 amide bonds. The van der Waals surface area contributed by atoms with E-state index in [9.17, 15) is 4.79 Å². The quantitative estimate of drug-likeness (QED) is 0.786. The predicted octanol–water partition coefficient (Wildman–Crippen LogP) is 0.935. The summed E-state index contributed by atoms with van der Waals surface area (Å²) in [5.41, 5.74) is 6.69. The van der Waals surface area contributed by atoms with Gasteiger partial charge in [-0.15, -0.1) is 0 Å². The average molecular weight is 255 g/mol. The fraction of sp³-hybridized carbons (Fsp3) is 0.417. The van der Waals surface area contributed by atoms with Gasteiger partial charge in [-0.1, -0.05) is 0 Å². The van der Waals surface area contributed by atoms with Gasteiger partial charge in [0.1, 0.15) is 17.5 Å². The molecule has 6 nitrogen and oxygen atoms in total. The van der Waals surface area contributed by atoms with Crippen molar-refractivity contribution < 1.29 is 24.1 Å². The molecule has 0 spiro atoms. The summed E-state index contributed by atoms with van der Waals surface area (Å²) in [6, 6.07) is 2.11. The van der Waals surface area contributed by atoms with Crippen molar-refractivity contribution in [2.45, 2.75) is 12.6 Å². The van der Waals surface area contributed by atoms with E-state index in [0.29, 0.717) is 22.6 Å². The first-order valence-electron chi connectivity index (χ1n) is 5.27. The van der Waals surface area contributed by atoms with Crippen LogP contribution in [0.15, 0.2) is 12.1 Å². The van der Waals surface area contributed by atoms with Crippen LogP contribution in [0, 0.1) is 0 Å². The van der Waals surface area contributed by atoms with E-state index in [2.05, 4.69) is 0 Å². The van der Waals surface area contributed by atoms with E-state index in [1.807, 2.05) is 0 Å². The number of rotatable bonds is 6. The summed E-state index contributed by atoms with van der Waals surface area (Å²) in [5, 5.41) is 9.02. The third-order valence-corrected chi connectivity index (χ3v) is 2.53. The first kappa shape index (κ1) is 14.3. The van der Waals surface area contributed by atoms with Gasteiger partial charge >= 0.3 is 5.97 Å². The number of carboxylic acid groups (broad SMARTS) is 1. The number of aliphatic carboxylic acids is 1. The molecule has 0 aliphatic heterocycles. The van der Waals surface area contributed by atoms with Gasteiger partial charge in [-0.25, -0.2) is 0 Å². The predicted molar refractivity (Wildman–Crippen MR) is 64.8 cm³/mol. The second-order valence-corrected chi connectivity index (χ2v) is 3.65. The summed E-state index contributed by atoms with van der Waals surface area (Å²) < 4.78 is 15.3. The number of carbonyl (C=O) groups is 1. The maximum atomic E-state index is 11.0. The molecule has 3 N–H and O–H groups in total. The Labute approximate surface area is 105 Å². The van der Waals surface area contributed by atoms with Crippen LogP contribution in [0.1, 0.15) is 17.2 Å². The van der Waals surface area contributed by atoms with Crippen LogP contribution >= 0.6 is 0 Å². The standard InChI is InChI=1S/C12H17NO5/c1-16-6-7-4-8(17-2)5-9(18-3)10(7)11(13)12(14)15/h4-5,11H,6,13H2,1-3H3,(H,14,15). The van der Waals surface area contributed by atoms with Crippen LogP contribution in [0.4, 0.5) is 0 Å². The number of carboxylic acids is 1. The Hall–Kier alpha value is -1.79. The number of hydrogen-bond acceptors (Lipinski definition) is 5. The molecule has 0 aliphatic rings. The molecular weight excluding hydrogens is 238 g/mol. The molecule has 0 aliphatic carbocycles. The molecule has 0 bridgehead atoms. The Morgan fingerprint density at radius 1 is 1.33 bits per heavy atom. The van der Waals surface area contributed by atoms with Crippen LogP contribution in [-0.4, -0.2) is 32.4 Å². The third kappa shape index (κ3) is 2.91. The second-order valence-electron chi connectivity index (χ2n) is 3.65. The molecule has 1 aromatic carbocycles. The van der Waals surface area contributed by atoms with E-state index >= 15 is 0 Å². The molecule has 0 radical (unpaired) electrons. The highest BCUT2D eigenvalue weighted by atomic mass is 16.5. The Morgan fingerprint density at radius 3 is 2.44 bits per heavy atom. The molecule has 0 heterocycles. The van der Waals surface area contributed by atoms with Gasteiger partial charge in [0.05, 0.1) is 20.8 Å². The zero-order valence-corrected chi connectivity index (χ0v) is 10.6. The van der Waals surface area contributed by atoms with Crippen molar-refractivity contribution in [2.24, 2.45) is 5.73 Å². The molecule has 1 rings (SSSR count). The molecule has 1 unspecified atom stereocenters. The Kier molecular flexibility index (Phi) is 4.94. The van der Waals surface area contributed by atoms with Crippen molar-refractivity contribution in [1.82, 2.24) is 0 Å². The lowest BCUT2D eigenvalue weighted by Crippen LogP contribution is -2.23. The average Bonchev–Trinajstić information content (AvgIpc) is 2.37. The zero-order valence-electron chi connectivity index (χ0n) is 10.6. The summed E-state index contributed by atoms with van der Waals surface area (Å²) in [5.74, 6) is -0.202. The third-order valence-electron chi connectivity index (χ3n) is 2.53. The highest BCUT2D eigenvalue weighted by molar-refractivity contribution is 5.77. The highest BCUT2D eigenvalue weighted by Gasteiger charge is 2.23. The van der Waals surface area contributed by atoms with E-state index < -0.39 is 12.0 Å². The van der Waals surface area contributed by atoms with Crippen LogP contribution < -0.4 is 15.2 Å². The summed E-state index contributed by atoms with van der Waals surface area (Å²) in [7, 11) is 4.48. The molecular formula is C12H17NO5. The van der Waals surface area contributed by atoms with Crippen molar-refractivity contribution >= 4 is 5.97 Å². The molecule has 0 saturated carbocycles. The first-order valence-corrected chi connectivity index (χ1v) is 5.27. The Morgan fingerprint density at radius 2 is 2.00 bits per heavy atom. The van der Waals surface area contributed by atoms with Crippen LogP contribution in [0.2, 0.25) is 0 Å². The lowest BCUT2D eigenvalue weighted by Gasteiger charge is -2.18. The summed E-state index contributed by atoms with van der Waals surface area (Å²) in [6.45, 7) is 0.226. The van der Waals surface area contributed by atoms with Crippen molar-refractivity contribution in [3.8, 4) is 11.5 Å². The molecule has 0 aromatic heterocycles. The first-order chi connectivity index (χ1) is 8.54. The van der Waals surface area contributed by atoms with Gasteiger partial charge in [-0.05, 0) is 11.6 Å². The van der Waals surface area contributed by atoms with Gasteiger partial charge < -0.3 is 25.1 Å². The van der Waals surface area contributed by atoms with Crippen molar-refractivity contribution in [2.75, 3.05) is 21.3 Å². The van der Waals surface area contributed by atoms with E-state index in [4.69, 9.17) is 25.1 Å². The molecule has 6 heteroatoms. The fourth-order valence-electron chi connectivity index (χ4n) is 1.69. The maximum absolute atomic E-state index is 11.0. The summed E-state index contributed by atoms with van der Waals surface area (Å²) in [6.07, 6.45) is 0. The SMILES string of the molecule is COCc1cc(OC)cc(OC)c1C(N)C(=O)O. The van der Waals surface area contributed by atoms with E-state index in [-0.39, 0.29) is 6.61 Å². The molecule has 1 atom stereocenters. The number of methoxy groups -OCH3 is 3. The second kappa shape index (κ2) is 6.23. The number of nitrogens with two attached hydrogens (primary N) is 1. The van der Waals surface area contributed by atoms with Crippen LogP contribution in [0.25, 0.3) is 0 Å². The summed E-state index contributed by atoms with van der Waals surface area (Å²) >= 11 is 0. The lowest BCUT2D eigenvalue weighted by atomic mass is 9.99. The van der Waals surface area contributed by atoms with Gasteiger partial charge in [0, 0.05) is 18.7 Å². The Balaban J connectivity index is 3.38. The zero-order chi connectivity index (χ0) is 13.7. The largest absolute Gasteiger partial charge is 0.497 e. The monoisotopic (exact) mass is 255 g/mol. The minimum atomic E-state index is -1.17. The maximum Gasteiger partial charge on any atom is 0.325 e. The number of benzene rings is 1. The van der Waals surface area contributed by atoms with E-state index in [1.165, 1.54) is 21.3 Å². The minimum absolute atomic E-state index is 0.226. The van der Waals surface area contributed by atoms with Crippen molar-refractivity contribution in [1.29, 1.82) is 0 Å². The number of ether oxygens (including phenoxy) is 3. The van der Waals surface area contributed by atoms with Crippen LogP contribution in [-0.2, 0) is 16.1 Å². The molecule has 0 saturated heterocycles. The number of hydrogen-bond donors (Lipinski definition) is 2. The normalized spacial score (nSPS) is 12.0. The smallest absolute Gasteiger partial charge is 0.325 e. The fourth-order valence-corrected chi connectivity index (χ4v) is 1.69.